The molecule has 5 nitrogen and oxygen atoms in total. The van der Waals surface area contributed by atoms with E-state index in [9.17, 15) is 9.18 Å². The number of likely N-dealkylation sites (tertiary alicyclic amines) is 1. The molecule has 1 atom stereocenters. The first-order valence-electron chi connectivity index (χ1n) is 8.02. The largest absolute Gasteiger partial charge is 0.324 e. The van der Waals surface area contributed by atoms with Crippen LogP contribution in [0.4, 0.5) is 15.0 Å². The van der Waals surface area contributed by atoms with E-state index >= 15 is 0 Å². The molecule has 1 aromatic carbocycles. The number of aromatic nitrogens is 2. The van der Waals surface area contributed by atoms with E-state index in [1.54, 1.807) is 29.3 Å². The summed E-state index contributed by atoms with van der Waals surface area (Å²) in [5.41, 5.74) is 1.58. The Morgan fingerprint density at radius 1 is 1.44 bits per heavy atom. The zero-order chi connectivity index (χ0) is 17.8. The second-order valence-electron chi connectivity index (χ2n) is 6.02. The van der Waals surface area contributed by atoms with Gasteiger partial charge < -0.3 is 4.90 Å². The SMILES string of the molecule is CC1CN(C(=O)Nc2cccnn2)CC/C1=C\c1cc(Cl)ccc1F. The molecule has 1 saturated heterocycles. The molecule has 2 aromatic rings. The van der Waals surface area contributed by atoms with E-state index in [1.165, 1.54) is 12.1 Å². The van der Waals surface area contributed by atoms with Gasteiger partial charge in [0.15, 0.2) is 5.82 Å². The maximum Gasteiger partial charge on any atom is 0.323 e. The van der Waals surface area contributed by atoms with Crippen LogP contribution in [-0.2, 0) is 0 Å². The summed E-state index contributed by atoms with van der Waals surface area (Å²) in [6, 6.07) is 7.70. The Labute approximate surface area is 150 Å². The predicted octanol–water partition coefficient (Wildman–Crippen LogP) is 4.23. The maximum atomic E-state index is 13.9. The Balaban J connectivity index is 1.67. The number of amides is 2. The Bertz CT molecular complexity index is 797. The zero-order valence-electron chi connectivity index (χ0n) is 13.7. The summed E-state index contributed by atoms with van der Waals surface area (Å²) < 4.78 is 13.9. The molecule has 0 radical (unpaired) electrons. The molecule has 0 saturated carbocycles. The molecule has 2 heterocycles. The number of rotatable bonds is 2. The number of halogens is 2. The lowest BCUT2D eigenvalue weighted by molar-refractivity contribution is 0.197. The summed E-state index contributed by atoms with van der Waals surface area (Å²) in [6.45, 7) is 3.14. The number of carbonyl (C=O) groups is 1. The molecule has 130 valence electrons. The highest BCUT2D eigenvalue weighted by atomic mass is 35.5. The van der Waals surface area contributed by atoms with Crippen LogP contribution in [0, 0.1) is 11.7 Å². The number of hydrogen-bond donors (Lipinski definition) is 1. The number of nitrogens with zero attached hydrogens (tertiary/aromatic N) is 3. The zero-order valence-corrected chi connectivity index (χ0v) is 14.5. The van der Waals surface area contributed by atoms with Crippen LogP contribution in [0.25, 0.3) is 6.08 Å². The predicted molar refractivity (Wildman–Crippen MR) is 95.8 cm³/mol. The van der Waals surface area contributed by atoms with Gasteiger partial charge in [0.1, 0.15) is 5.82 Å². The van der Waals surface area contributed by atoms with E-state index in [4.69, 9.17) is 11.6 Å². The van der Waals surface area contributed by atoms with Crippen molar-refractivity contribution in [2.75, 3.05) is 18.4 Å². The standard InChI is InChI=1S/C18H18ClFN4O/c1-12-11-24(18(25)22-17-3-2-7-21-23-17)8-6-13(12)9-14-10-15(19)4-5-16(14)20/h2-5,7,9-10,12H,6,8,11H2,1H3,(H,22,23,25)/b13-9+. The highest BCUT2D eigenvalue weighted by Crippen LogP contribution is 2.27. The van der Waals surface area contributed by atoms with Gasteiger partial charge in [-0.2, -0.15) is 5.10 Å². The number of anilines is 1. The summed E-state index contributed by atoms with van der Waals surface area (Å²) in [7, 11) is 0. The van der Waals surface area contributed by atoms with Gasteiger partial charge in [0.25, 0.3) is 0 Å². The van der Waals surface area contributed by atoms with Crippen LogP contribution in [0.2, 0.25) is 5.02 Å². The summed E-state index contributed by atoms with van der Waals surface area (Å²) in [6.07, 6.45) is 4.06. The van der Waals surface area contributed by atoms with Gasteiger partial charge in [0, 0.05) is 29.9 Å². The number of urea groups is 1. The van der Waals surface area contributed by atoms with Gasteiger partial charge in [-0.25, -0.2) is 9.18 Å². The summed E-state index contributed by atoms with van der Waals surface area (Å²) in [5, 5.41) is 10.8. The molecule has 1 N–H and O–H groups in total. The molecule has 0 spiro atoms. The second kappa shape index (κ2) is 7.61. The Morgan fingerprint density at radius 2 is 2.28 bits per heavy atom. The van der Waals surface area contributed by atoms with Crippen molar-refractivity contribution in [3.63, 3.8) is 0 Å². The lowest BCUT2D eigenvalue weighted by Crippen LogP contribution is -2.42. The fourth-order valence-corrected chi connectivity index (χ4v) is 3.01. The maximum absolute atomic E-state index is 13.9. The topological polar surface area (TPSA) is 58.1 Å². The fourth-order valence-electron chi connectivity index (χ4n) is 2.83. The van der Waals surface area contributed by atoms with Crippen molar-refractivity contribution in [3.8, 4) is 0 Å². The quantitative estimate of drug-likeness (QED) is 0.872. The van der Waals surface area contributed by atoms with Crippen molar-refractivity contribution in [2.24, 2.45) is 5.92 Å². The van der Waals surface area contributed by atoms with E-state index in [1.807, 2.05) is 13.0 Å². The van der Waals surface area contributed by atoms with Crippen molar-refractivity contribution >= 4 is 29.5 Å². The summed E-state index contributed by atoms with van der Waals surface area (Å²) >= 11 is 5.94. The first-order valence-corrected chi connectivity index (χ1v) is 8.40. The molecule has 1 aliphatic heterocycles. The molecule has 1 fully saturated rings. The molecule has 2 amide bonds. The van der Waals surface area contributed by atoms with Gasteiger partial charge in [-0.05, 0) is 42.7 Å². The lowest BCUT2D eigenvalue weighted by Gasteiger charge is -2.33. The third-order valence-electron chi connectivity index (χ3n) is 4.19. The van der Waals surface area contributed by atoms with Crippen molar-refractivity contribution in [2.45, 2.75) is 13.3 Å². The van der Waals surface area contributed by atoms with Gasteiger partial charge >= 0.3 is 6.03 Å². The van der Waals surface area contributed by atoms with Crippen LogP contribution in [0.3, 0.4) is 0 Å². The van der Waals surface area contributed by atoms with Gasteiger partial charge in [-0.15, -0.1) is 5.10 Å². The summed E-state index contributed by atoms with van der Waals surface area (Å²) in [5.74, 6) is 0.245. The van der Waals surface area contributed by atoms with Crippen molar-refractivity contribution in [3.05, 3.63) is 58.5 Å². The van der Waals surface area contributed by atoms with Crippen LogP contribution < -0.4 is 5.32 Å². The summed E-state index contributed by atoms with van der Waals surface area (Å²) in [4.78, 5) is 14.1. The molecule has 3 rings (SSSR count). The van der Waals surface area contributed by atoms with E-state index in [0.29, 0.717) is 35.9 Å². The molecule has 25 heavy (non-hydrogen) atoms. The van der Waals surface area contributed by atoms with Gasteiger partial charge in [0.05, 0.1) is 0 Å². The van der Waals surface area contributed by atoms with Gasteiger partial charge in [0.2, 0.25) is 0 Å². The number of carbonyl (C=O) groups excluding carboxylic acids is 1. The highest BCUT2D eigenvalue weighted by Gasteiger charge is 2.24. The van der Waals surface area contributed by atoms with Crippen LogP contribution in [-0.4, -0.2) is 34.2 Å². The van der Waals surface area contributed by atoms with Crippen LogP contribution in [0.15, 0.2) is 42.1 Å². The third-order valence-corrected chi connectivity index (χ3v) is 4.43. The van der Waals surface area contributed by atoms with Crippen molar-refractivity contribution < 1.29 is 9.18 Å². The Morgan fingerprint density at radius 3 is 3.00 bits per heavy atom. The van der Waals surface area contributed by atoms with Gasteiger partial charge in [-0.1, -0.05) is 30.2 Å². The smallest absolute Gasteiger partial charge is 0.323 e. The Kier molecular flexibility index (Phi) is 5.28. The Hall–Kier alpha value is -2.47. The average Bonchev–Trinajstić information content (AvgIpc) is 2.60. The minimum atomic E-state index is -0.299. The molecule has 0 bridgehead atoms. The number of hydrogen-bond acceptors (Lipinski definition) is 3. The molecular formula is C18H18ClFN4O. The first kappa shape index (κ1) is 17.4. The number of piperidine rings is 1. The monoisotopic (exact) mass is 360 g/mol. The number of nitrogens with one attached hydrogen (secondary N) is 1. The van der Waals surface area contributed by atoms with E-state index in [0.717, 1.165) is 5.57 Å². The minimum Gasteiger partial charge on any atom is -0.324 e. The molecule has 1 aromatic heterocycles. The first-order chi connectivity index (χ1) is 12.0. The molecule has 7 heteroatoms. The molecule has 0 aliphatic carbocycles. The normalized spacial score (nSPS) is 19.1. The minimum absolute atomic E-state index is 0.125. The van der Waals surface area contributed by atoms with Crippen molar-refractivity contribution in [1.29, 1.82) is 0 Å². The highest BCUT2D eigenvalue weighted by molar-refractivity contribution is 6.30. The van der Waals surface area contributed by atoms with E-state index in [2.05, 4.69) is 15.5 Å². The van der Waals surface area contributed by atoms with Crippen LogP contribution >= 0.6 is 11.6 Å². The van der Waals surface area contributed by atoms with E-state index < -0.39 is 0 Å². The van der Waals surface area contributed by atoms with Crippen molar-refractivity contribution in [1.82, 2.24) is 15.1 Å². The molecular weight excluding hydrogens is 343 g/mol. The lowest BCUT2D eigenvalue weighted by atomic mass is 9.91. The number of benzene rings is 1. The fraction of sp³-hybridized carbons (Fsp3) is 0.278. The third kappa shape index (κ3) is 4.33. The van der Waals surface area contributed by atoms with Crippen LogP contribution in [0.5, 0.6) is 0 Å². The van der Waals surface area contributed by atoms with E-state index in [-0.39, 0.29) is 17.8 Å². The molecule has 1 unspecified atom stereocenters. The second-order valence-corrected chi connectivity index (χ2v) is 6.46. The average molecular weight is 361 g/mol. The van der Waals surface area contributed by atoms with Gasteiger partial charge in [-0.3, -0.25) is 5.32 Å². The molecule has 1 aliphatic rings. The van der Waals surface area contributed by atoms with Crippen LogP contribution in [0.1, 0.15) is 18.9 Å².